The second-order valence-corrected chi connectivity index (χ2v) is 8.73. The molecule has 3 aromatic heterocycles. The summed E-state index contributed by atoms with van der Waals surface area (Å²) in [4.78, 5) is 22.8. The summed E-state index contributed by atoms with van der Waals surface area (Å²) in [6.45, 7) is 4.23. The minimum atomic E-state index is -0.350. The second-order valence-electron chi connectivity index (χ2n) is 6.76. The van der Waals surface area contributed by atoms with Crippen LogP contribution in [0.3, 0.4) is 0 Å². The number of amides is 1. The van der Waals surface area contributed by atoms with E-state index < -0.39 is 0 Å². The molecule has 0 radical (unpaired) electrons. The molecule has 0 bridgehead atoms. The van der Waals surface area contributed by atoms with Crippen LogP contribution in [0.2, 0.25) is 0 Å². The van der Waals surface area contributed by atoms with E-state index in [1.165, 1.54) is 23.9 Å². The van der Waals surface area contributed by atoms with Crippen molar-refractivity contribution in [1.82, 2.24) is 30.3 Å². The first-order valence-electron chi connectivity index (χ1n) is 9.46. The molecule has 1 aromatic carbocycles. The van der Waals surface area contributed by atoms with Crippen molar-refractivity contribution in [2.75, 3.05) is 0 Å². The van der Waals surface area contributed by atoms with Crippen LogP contribution in [0.5, 0.6) is 0 Å². The van der Waals surface area contributed by atoms with Crippen LogP contribution in [0.1, 0.15) is 32.4 Å². The van der Waals surface area contributed by atoms with Crippen molar-refractivity contribution in [1.29, 1.82) is 0 Å². The van der Waals surface area contributed by atoms with Gasteiger partial charge < -0.3 is 5.32 Å². The minimum absolute atomic E-state index is 0.220. The summed E-state index contributed by atoms with van der Waals surface area (Å²) in [6.07, 6.45) is 0. The number of nitrogens with one attached hydrogen (secondary N) is 1. The highest BCUT2D eigenvalue weighted by Crippen LogP contribution is 2.24. The van der Waals surface area contributed by atoms with Gasteiger partial charge in [-0.05, 0) is 55.6 Å². The molecule has 0 spiro atoms. The van der Waals surface area contributed by atoms with E-state index in [-0.39, 0.29) is 17.4 Å². The number of halogens is 1. The van der Waals surface area contributed by atoms with Crippen LogP contribution < -0.4 is 5.32 Å². The van der Waals surface area contributed by atoms with Crippen LogP contribution in [0.4, 0.5) is 4.39 Å². The molecule has 0 unspecified atom stereocenters. The number of carbonyl (C=O) groups excluding carboxylic acids is 1. The monoisotopic (exact) mass is 454 g/mol. The molecule has 0 aliphatic heterocycles. The second kappa shape index (κ2) is 9.36. The molecule has 4 aromatic rings. The molecule has 1 amide bonds. The highest BCUT2D eigenvalue weighted by atomic mass is 32.2. The van der Waals surface area contributed by atoms with Gasteiger partial charge in [-0.3, -0.25) is 4.79 Å². The van der Waals surface area contributed by atoms with Gasteiger partial charge >= 0.3 is 0 Å². The summed E-state index contributed by atoms with van der Waals surface area (Å²) >= 11 is 2.96. The molecule has 3 heterocycles. The molecule has 0 saturated carbocycles. The van der Waals surface area contributed by atoms with Gasteiger partial charge in [0.05, 0.1) is 17.9 Å². The van der Waals surface area contributed by atoms with Crippen molar-refractivity contribution in [3.8, 4) is 5.69 Å². The zero-order valence-electron chi connectivity index (χ0n) is 16.9. The van der Waals surface area contributed by atoms with Crippen molar-refractivity contribution in [2.24, 2.45) is 0 Å². The number of benzene rings is 1. The first-order chi connectivity index (χ1) is 15.0. The van der Waals surface area contributed by atoms with Gasteiger partial charge in [-0.1, -0.05) is 23.0 Å². The molecular weight excluding hydrogens is 435 g/mol. The van der Waals surface area contributed by atoms with Crippen LogP contribution >= 0.6 is 23.1 Å². The minimum Gasteiger partial charge on any atom is -0.346 e. The molecule has 1 N–H and O–H groups in total. The quantitative estimate of drug-likeness (QED) is 0.334. The van der Waals surface area contributed by atoms with Gasteiger partial charge in [-0.2, -0.15) is 0 Å². The van der Waals surface area contributed by atoms with Gasteiger partial charge in [0, 0.05) is 22.0 Å². The van der Waals surface area contributed by atoms with Gasteiger partial charge in [0.25, 0.3) is 5.91 Å². The third-order valence-electron chi connectivity index (χ3n) is 4.35. The Balaban J connectivity index is 1.62. The summed E-state index contributed by atoms with van der Waals surface area (Å²) in [5.74, 6) is -0.300. The Labute approximate surface area is 186 Å². The van der Waals surface area contributed by atoms with Gasteiger partial charge in [-0.15, -0.1) is 16.4 Å². The lowest BCUT2D eigenvalue weighted by molar-refractivity contribution is 0.0945. The number of hydrogen-bond donors (Lipinski definition) is 1. The van der Waals surface area contributed by atoms with E-state index in [2.05, 4.69) is 25.6 Å². The average molecular weight is 455 g/mol. The first-order valence-corrected chi connectivity index (χ1v) is 11.3. The maximum atomic E-state index is 13.4. The lowest BCUT2D eigenvalue weighted by Crippen LogP contribution is -2.24. The maximum absolute atomic E-state index is 13.4. The van der Waals surface area contributed by atoms with E-state index in [0.717, 1.165) is 16.3 Å². The fourth-order valence-corrected chi connectivity index (χ4v) is 4.54. The Morgan fingerprint density at radius 1 is 1.16 bits per heavy atom. The van der Waals surface area contributed by atoms with E-state index >= 15 is 0 Å². The fourth-order valence-electron chi connectivity index (χ4n) is 2.95. The number of carbonyl (C=O) groups is 1. The SMILES string of the molecule is Cc1cc(C)nc(SCc2c(C(=O)NCc3cccs3)nnn2-c2ccc(F)cc2)n1. The van der Waals surface area contributed by atoms with Gasteiger partial charge in [0.1, 0.15) is 5.82 Å². The summed E-state index contributed by atoms with van der Waals surface area (Å²) in [6, 6.07) is 11.7. The van der Waals surface area contributed by atoms with Crippen LogP contribution in [0, 0.1) is 19.7 Å². The molecular formula is C21H19FN6OS2. The van der Waals surface area contributed by atoms with E-state index in [1.54, 1.807) is 28.2 Å². The normalized spacial score (nSPS) is 10.9. The van der Waals surface area contributed by atoms with Crippen LogP contribution in [0.25, 0.3) is 5.69 Å². The predicted molar refractivity (Wildman–Crippen MR) is 118 cm³/mol. The summed E-state index contributed by atoms with van der Waals surface area (Å²) < 4.78 is 14.9. The molecule has 0 aliphatic carbocycles. The predicted octanol–water partition coefficient (Wildman–Crippen LogP) is 4.10. The number of thioether (sulfide) groups is 1. The van der Waals surface area contributed by atoms with Crippen molar-refractivity contribution in [3.63, 3.8) is 0 Å². The van der Waals surface area contributed by atoms with Gasteiger partial charge in [0.15, 0.2) is 10.9 Å². The standard InChI is InChI=1S/C21H19FN6OS2/c1-13-10-14(2)25-21(24-13)31-12-18-19(20(29)23-11-17-4-3-9-30-17)26-27-28(18)16-7-5-15(22)6-8-16/h3-10H,11-12H2,1-2H3,(H,23,29). The number of nitrogens with zero attached hydrogens (tertiary/aromatic N) is 5. The fraction of sp³-hybridized carbons (Fsp3) is 0.190. The molecule has 0 atom stereocenters. The van der Waals surface area contributed by atoms with Crippen LogP contribution in [0.15, 0.2) is 53.0 Å². The number of aryl methyl sites for hydroxylation is 2. The molecule has 0 aliphatic rings. The highest BCUT2D eigenvalue weighted by molar-refractivity contribution is 7.98. The van der Waals surface area contributed by atoms with Crippen molar-refractivity contribution in [2.45, 2.75) is 31.3 Å². The summed E-state index contributed by atoms with van der Waals surface area (Å²) in [7, 11) is 0. The largest absolute Gasteiger partial charge is 0.346 e. The Morgan fingerprint density at radius 2 is 1.90 bits per heavy atom. The summed E-state index contributed by atoms with van der Waals surface area (Å²) in [5, 5.41) is 13.7. The van der Waals surface area contributed by atoms with Crippen molar-refractivity contribution in [3.05, 3.63) is 81.3 Å². The Morgan fingerprint density at radius 3 is 2.58 bits per heavy atom. The van der Waals surface area contributed by atoms with Gasteiger partial charge in [0.2, 0.25) is 0 Å². The van der Waals surface area contributed by atoms with E-state index in [0.29, 0.717) is 28.8 Å². The lowest BCUT2D eigenvalue weighted by Gasteiger charge is -2.09. The molecule has 0 fully saturated rings. The smallest absolute Gasteiger partial charge is 0.274 e. The van der Waals surface area contributed by atoms with Crippen molar-refractivity contribution >= 4 is 29.0 Å². The number of aromatic nitrogens is 5. The Kier molecular flexibility index (Phi) is 6.38. The van der Waals surface area contributed by atoms with E-state index in [4.69, 9.17) is 0 Å². The van der Waals surface area contributed by atoms with Crippen molar-refractivity contribution < 1.29 is 9.18 Å². The highest BCUT2D eigenvalue weighted by Gasteiger charge is 2.21. The summed E-state index contributed by atoms with van der Waals surface area (Å²) in [5.41, 5.74) is 3.16. The lowest BCUT2D eigenvalue weighted by atomic mass is 10.2. The third kappa shape index (κ3) is 5.15. The topological polar surface area (TPSA) is 85.6 Å². The zero-order valence-corrected chi connectivity index (χ0v) is 18.5. The number of thiophene rings is 1. The molecule has 158 valence electrons. The third-order valence-corrected chi connectivity index (χ3v) is 6.09. The zero-order chi connectivity index (χ0) is 21.8. The molecule has 10 heteroatoms. The molecule has 0 saturated heterocycles. The first kappa shape index (κ1) is 21.1. The number of hydrogen-bond acceptors (Lipinski definition) is 7. The molecule has 4 rings (SSSR count). The van der Waals surface area contributed by atoms with Crippen LogP contribution in [-0.4, -0.2) is 30.9 Å². The van der Waals surface area contributed by atoms with Crippen LogP contribution in [-0.2, 0) is 12.3 Å². The van der Waals surface area contributed by atoms with E-state index in [1.807, 2.05) is 37.4 Å². The Hall–Kier alpha value is -3.11. The average Bonchev–Trinajstić information content (AvgIpc) is 3.40. The molecule has 31 heavy (non-hydrogen) atoms. The molecule has 7 nitrogen and oxygen atoms in total. The Bertz CT molecular complexity index is 1170. The number of rotatable bonds is 7. The maximum Gasteiger partial charge on any atom is 0.274 e. The van der Waals surface area contributed by atoms with Gasteiger partial charge in [-0.25, -0.2) is 19.0 Å². The van der Waals surface area contributed by atoms with E-state index in [9.17, 15) is 9.18 Å².